The standard InChI is InChI=1S/C19H27N3O2/c1-13(2)16-12-15-10-14(6-7-17(15)21-19(16)24)11-18(23)20-8-5-9-22(3)4/h6-7,10,12-13H,5,8-9,11H2,1-4H3,(H,20,23)(H,21,24). The van der Waals surface area contributed by atoms with Gasteiger partial charge in [0.2, 0.25) is 5.91 Å². The van der Waals surface area contributed by atoms with Crippen LogP contribution in [0.15, 0.2) is 29.1 Å². The van der Waals surface area contributed by atoms with Crippen molar-refractivity contribution in [2.75, 3.05) is 27.2 Å². The second-order valence-corrected chi connectivity index (χ2v) is 6.81. The fourth-order valence-electron chi connectivity index (χ4n) is 2.68. The number of pyridine rings is 1. The number of amides is 1. The Bertz CT molecular complexity index is 763. The first-order chi connectivity index (χ1) is 11.4. The molecule has 1 heterocycles. The summed E-state index contributed by atoms with van der Waals surface area (Å²) in [6.07, 6.45) is 1.30. The number of nitrogens with zero attached hydrogens (tertiary/aromatic N) is 1. The third kappa shape index (κ3) is 4.93. The van der Waals surface area contributed by atoms with Crippen molar-refractivity contribution in [3.05, 3.63) is 45.7 Å². The van der Waals surface area contributed by atoms with Crippen LogP contribution in [0.3, 0.4) is 0 Å². The van der Waals surface area contributed by atoms with Gasteiger partial charge >= 0.3 is 0 Å². The molecule has 0 aliphatic carbocycles. The lowest BCUT2D eigenvalue weighted by molar-refractivity contribution is -0.120. The van der Waals surface area contributed by atoms with Crippen molar-refractivity contribution in [3.8, 4) is 0 Å². The molecule has 5 nitrogen and oxygen atoms in total. The molecule has 1 amide bonds. The Balaban J connectivity index is 2.06. The molecule has 24 heavy (non-hydrogen) atoms. The first-order valence-electron chi connectivity index (χ1n) is 8.44. The highest BCUT2D eigenvalue weighted by atomic mass is 16.1. The largest absolute Gasteiger partial charge is 0.356 e. The van der Waals surface area contributed by atoms with Crippen molar-refractivity contribution in [2.45, 2.75) is 32.6 Å². The summed E-state index contributed by atoms with van der Waals surface area (Å²) in [5.41, 5.74) is 2.49. The molecule has 0 saturated heterocycles. The monoisotopic (exact) mass is 329 g/mol. The maximum absolute atomic E-state index is 12.0. The van der Waals surface area contributed by atoms with E-state index in [9.17, 15) is 9.59 Å². The van der Waals surface area contributed by atoms with E-state index in [0.29, 0.717) is 13.0 Å². The molecule has 0 fully saturated rings. The summed E-state index contributed by atoms with van der Waals surface area (Å²) in [5, 5.41) is 3.92. The van der Waals surface area contributed by atoms with E-state index < -0.39 is 0 Å². The van der Waals surface area contributed by atoms with Gasteiger partial charge in [0.25, 0.3) is 5.56 Å². The second-order valence-electron chi connectivity index (χ2n) is 6.81. The predicted molar refractivity (Wildman–Crippen MR) is 98.5 cm³/mol. The number of aromatic amines is 1. The summed E-state index contributed by atoms with van der Waals surface area (Å²) in [6.45, 7) is 5.65. The summed E-state index contributed by atoms with van der Waals surface area (Å²) in [5.74, 6) is 0.198. The van der Waals surface area contributed by atoms with Crippen LogP contribution in [0.5, 0.6) is 0 Å². The molecular weight excluding hydrogens is 302 g/mol. The van der Waals surface area contributed by atoms with E-state index in [1.807, 2.05) is 52.2 Å². The van der Waals surface area contributed by atoms with E-state index in [1.54, 1.807) is 0 Å². The zero-order valence-corrected chi connectivity index (χ0v) is 15.0. The molecule has 2 N–H and O–H groups in total. The predicted octanol–water partition coefficient (Wildman–Crippen LogP) is 2.26. The molecule has 1 aromatic carbocycles. The number of hydrogen-bond acceptors (Lipinski definition) is 3. The number of fused-ring (bicyclic) bond motifs is 1. The van der Waals surface area contributed by atoms with E-state index in [4.69, 9.17) is 0 Å². The Labute approximate surface area is 143 Å². The Morgan fingerprint density at radius 2 is 2.00 bits per heavy atom. The number of rotatable bonds is 7. The van der Waals surface area contributed by atoms with Gasteiger partial charge in [0.1, 0.15) is 0 Å². The topological polar surface area (TPSA) is 65.2 Å². The third-order valence-electron chi connectivity index (χ3n) is 4.03. The van der Waals surface area contributed by atoms with Crippen LogP contribution in [0.2, 0.25) is 0 Å². The molecule has 0 atom stereocenters. The SMILES string of the molecule is CC(C)c1cc2cc(CC(=O)NCCCN(C)C)ccc2[nH]c1=O. The van der Waals surface area contributed by atoms with Gasteiger partial charge < -0.3 is 15.2 Å². The van der Waals surface area contributed by atoms with Crippen LogP contribution in [-0.2, 0) is 11.2 Å². The van der Waals surface area contributed by atoms with Gasteiger partial charge in [-0.15, -0.1) is 0 Å². The molecule has 2 aromatic rings. The number of aromatic nitrogens is 1. The van der Waals surface area contributed by atoms with Gasteiger partial charge in [-0.2, -0.15) is 0 Å². The molecule has 0 unspecified atom stereocenters. The van der Waals surface area contributed by atoms with Crippen LogP contribution < -0.4 is 10.9 Å². The van der Waals surface area contributed by atoms with Gasteiger partial charge in [-0.3, -0.25) is 9.59 Å². The number of carbonyl (C=O) groups is 1. The fourth-order valence-corrected chi connectivity index (χ4v) is 2.68. The van der Waals surface area contributed by atoms with Crippen molar-refractivity contribution >= 4 is 16.8 Å². The Morgan fingerprint density at radius 3 is 2.67 bits per heavy atom. The summed E-state index contributed by atoms with van der Waals surface area (Å²) in [6, 6.07) is 7.68. The second kappa shape index (κ2) is 8.11. The summed E-state index contributed by atoms with van der Waals surface area (Å²) in [4.78, 5) is 29.1. The minimum absolute atomic E-state index is 0.0293. The lowest BCUT2D eigenvalue weighted by Gasteiger charge is -2.10. The molecular formula is C19H27N3O2. The van der Waals surface area contributed by atoms with Crippen molar-refractivity contribution in [1.82, 2.24) is 15.2 Å². The van der Waals surface area contributed by atoms with Crippen LogP contribution in [0, 0.1) is 0 Å². The maximum Gasteiger partial charge on any atom is 0.251 e. The quantitative estimate of drug-likeness (QED) is 0.766. The summed E-state index contributed by atoms with van der Waals surface area (Å²) in [7, 11) is 4.04. The summed E-state index contributed by atoms with van der Waals surface area (Å²) >= 11 is 0. The molecule has 5 heteroatoms. The lowest BCUT2D eigenvalue weighted by Crippen LogP contribution is -2.28. The number of hydrogen-bond donors (Lipinski definition) is 2. The lowest BCUT2D eigenvalue weighted by atomic mass is 10.0. The zero-order valence-electron chi connectivity index (χ0n) is 15.0. The molecule has 130 valence electrons. The van der Waals surface area contributed by atoms with Crippen molar-refractivity contribution in [1.29, 1.82) is 0 Å². The minimum atomic E-state index is -0.0381. The molecule has 0 bridgehead atoms. The Hall–Kier alpha value is -2.14. The molecule has 0 radical (unpaired) electrons. The van der Waals surface area contributed by atoms with Crippen LogP contribution in [0.4, 0.5) is 0 Å². The van der Waals surface area contributed by atoms with E-state index >= 15 is 0 Å². The third-order valence-corrected chi connectivity index (χ3v) is 4.03. The van der Waals surface area contributed by atoms with E-state index in [1.165, 1.54) is 0 Å². The minimum Gasteiger partial charge on any atom is -0.356 e. The van der Waals surface area contributed by atoms with Crippen LogP contribution in [0.1, 0.15) is 37.3 Å². The van der Waals surface area contributed by atoms with Gasteiger partial charge in [-0.05, 0) is 62.1 Å². The van der Waals surface area contributed by atoms with Gasteiger partial charge in [0, 0.05) is 17.6 Å². The molecule has 0 spiro atoms. The highest BCUT2D eigenvalue weighted by Gasteiger charge is 2.08. The molecule has 0 aliphatic rings. The highest BCUT2D eigenvalue weighted by Crippen LogP contribution is 2.18. The van der Waals surface area contributed by atoms with Gasteiger partial charge in [-0.25, -0.2) is 0 Å². The van der Waals surface area contributed by atoms with E-state index in [0.717, 1.165) is 35.0 Å². The first kappa shape index (κ1) is 18.2. The zero-order chi connectivity index (χ0) is 17.7. The Morgan fingerprint density at radius 1 is 1.25 bits per heavy atom. The van der Waals surface area contributed by atoms with Gasteiger partial charge in [0.05, 0.1) is 6.42 Å². The number of H-pyrrole nitrogens is 1. The Kier molecular flexibility index (Phi) is 6.15. The molecule has 2 rings (SSSR count). The van der Waals surface area contributed by atoms with E-state index in [2.05, 4.69) is 15.2 Å². The fraction of sp³-hybridized carbons (Fsp3) is 0.474. The van der Waals surface area contributed by atoms with Crippen molar-refractivity contribution < 1.29 is 4.79 Å². The smallest absolute Gasteiger partial charge is 0.251 e. The van der Waals surface area contributed by atoms with Gasteiger partial charge in [-0.1, -0.05) is 19.9 Å². The number of nitrogens with one attached hydrogen (secondary N) is 2. The average Bonchev–Trinajstić information content (AvgIpc) is 2.50. The van der Waals surface area contributed by atoms with Crippen LogP contribution in [0.25, 0.3) is 10.9 Å². The van der Waals surface area contributed by atoms with Gasteiger partial charge in [0.15, 0.2) is 0 Å². The molecule has 1 aromatic heterocycles. The first-order valence-corrected chi connectivity index (χ1v) is 8.44. The summed E-state index contributed by atoms with van der Waals surface area (Å²) < 4.78 is 0. The normalized spacial score (nSPS) is 11.4. The van der Waals surface area contributed by atoms with E-state index in [-0.39, 0.29) is 17.4 Å². The van der Waals surface area contributed by atoms with Crippen LogP contribution >= 0.6 is 0 Å². The number of carbonyl (C=O) groups excluding carboxylic acids is 1. The number of benzene rings is 1. The molecule has 0 saturated carbocycles. The average molecular weight is 329 g/mol. The molecule has 0 aliphatic heterocycles. The van der Waals surface area contributed by atoms with Crippen LogP contribution in [-0.4, -0.2) is 43.0 Å². The van der Waals surface area contributed by atoms with Crippen molar-refractivity contribution in [3.63, 3.8) is 0 Å². The maximum atomic E-state index is 12.0. The van der Waals surface area contributed by atoms with Crippen molar-refractivity contribution in [2.24, 2.45) is 0 Å². The highest BCUT2D eigenvalue weighted by molar-refractivity contribution is 5.83.